The molecule has 0 saturated heterocycles. The van der Waals surface area contributed by atoms with Crippen molar-refractivity contribution in [1.82, 2.24) is 20.3 Å². The highest BCUT2D eigenvalue weighted by molar-refractivity contribution is 9.10. The molecule has 1 N–H and O–H groups in total. The summed E-state index contributed by atoms with van der Waals surface area (Å²) in [6, 6.07) is 14.3. The topological polar surface area (TPSA) is 42.7 Å². The molecule has 0 fully saturated rings. The van der Waals surface area contributed by atoms with E-state index in [1.54, 1.807) is 0 Å². The lowest BCUT2D eigenvalue weighted by atomic mass is 10.2. The highest BCUT2D eigenvalue weighted by Crippen LogP contribution is 2.23. The fourth-order valence-corrected chi connectivity index (χ4v) is 2.78. The number of hydrogen-bond acceptors (Lipinski definition) is 3. The van der Waals surface area contributed by atoms with Crippen molar-refractivity contribution in [1.29, 1.82) is 0 Å². The summed E-state index contributed by atoms with van der Waals surface area (Å²) in [5.41, 5.74) is 4.18. The third kappa shape index (κ3) is 2.99. The van der Waals surface area contributed by atoms with Crippen LogP contribution in [0.5, 0.6) is 0 Å². The van der Waals surface area contributed by atoms with Gasteiger partial charge in [0.25, 0.3) is 0 Å². The number of nitrogens with zero attached hydrogens (tertiary/aromatic N) is 3. The third-order valence-corrected chi connectivity index (χ3v) is 4.11. The van der Waals surface area contributed by atoms with Crippen LogP contribution in [0, 0.1) is 0 Å². The number of halogens is 1. The minimum Gasteiger partial charge on any atom is -0.313 e. The minimum absolute atomic E-state index is 0.868. The summed E-state index contributed by atoms with van der Waals surface area (Å²) in [5, 5.41) is 11.8. The molecule has 1 aromatic heterocycles. The molecule has 0 saturated carbocycles. The van der Waals surface area contributed by atoms with Crippen LogP contribution in [0.1, 0.15) is 18.9 Å². The molecule has 0 aliphatic rings. The van der Waals surface area contributed by atoms with E-state index in [0.29, 0.717) is 0 Å². The first-order chi connectivity index (χ1) is 10.3. The molecule has 1 heterocycles. The van der Waals surface area contributed by atoms with Gasteiger partial charge in [0.15, 0.2) is 0 Å². The van der Waals surface area contributed by atoms with Gasteiger partial charge in [0.2, 0.25) is 0 Å². The second-order valence-corrected chi connectivity index (χ2v) is 5.80. The Morgan fingerprint density at radius 1 is 1.19 bits per heavy atom. The Kier molecular flexibility index (Phi) is 4.31. The first-order valence-electron chi connectivity index (χ1n) is 7.09. The predicted octanol–water partition coefficient (Wildman–Crippen LogP) is 3.68. The maximum Gasteiger partial charge on any atom is 0.113 e. The molecule has 2 aromatic carbocycles. The van der Waals surface area contributed by atoms with Crippen molar-refractivity contribution in [2.45, 2.75) is 19.9 Å². The first kappa shape index (κ1) is 14.2. The molecule has 3 rings (SSSR count). The van der Waals surface area contributed by atoms with E-state index in [9.17, 15) is 0 Å². The molecule has 0 amide bonds. The van der Waals surface area contributed by atoms with Crippen LogP contribution >= 0.6 is 15.9 Å². The van der Waals surface area contributed by atoms with E-state index in [-0.39, 0.29) is 0 Å². The SMILES string of the molecule is CCCNCc1ccc(-n2nnc3ccccc32)cc1Br. The van der Waals surface area contributed by atoms with E-state index in [4.69, 9.17) is 0 Å². The zero-order chi connectivity index (χ0) is 14.7. The number of rotatable bonds is 5. The second kappa shape index (κ2) is 6.37. The first-order valence-corrected chi connectivity index (χ1v) is 7.89. The number of benzene rings is 2. The summed E-state index contributed by atoms with van der Waals surface area (Å²) >= 11 is 3.65. The molecule has 5 heteroatoms. The maximum absolute atomic E-state index is 4.24. The molecule has 0 aliphatic carbocycles. The fourth-order valence-electron chi connectivity index (χ4n) is 2.27. The fraction of sp³-hybridized carbons (Fsp3) is 0.250. The average molecular weight is 345 g/mol. The molecular formula is C16H17BrN4. The molecule has 0 unspecified atom stereocenters. The smallest absolute Gasteiger partial charge is 0.113 e. The summed E-state index contributed by atoms with van der Waals surface area (Å²) in [5.74, 6) is 0. The van der Waals surface area contributed by atoms with Crippen molar-refractivity contribution in [3.63, 3.8) is 0 Å². The van der Waals surface area contributed by atoms with E-state index in [1.807, 2.05) is 28.9 Å². The van der Waals surface area contributed by atoms with Crippen molar-refractivity contribution >= 4 is 27.0 Å². The van der Waals surface area contributed by atoms with Crippen molar-refractivity contribution in [2.75, 3.05) is 6.54 Å². The Morgan fingerprint density at radius 2 is 2.05 bits per heavy atom. The van der Waals surface area contributed by atoms with E-state index in [2.05, 4.69) is 56.7 Å². The van der Waals surface area contributed by atoms with Gasteiger partial charge >= 0.3 is 0 Å². The number of fused-ring (bicyclic) bond motifs is 1. The number of nitrogens with one attached hydrogen (secondary N) is 1. The van der Waals surface area contributed by atoms with E-state index in [0.717, 1.165) is 40.7 Å². The van der Waals surface area contributed by atoms with Crippen LogP contribution in [0.25, 0.3) is 16.7 Å². The van der Waals surface area contributed by atoms with Crippen LogP contribution in [-0.2, 0) is 6.54 Å². The van der Waals surface area contributed by atoms with Gasteiger partial charge in [-0.25, -0.2) is 4.68 Å². The standard InChI is InChI=1S/C16H17BrN4/c1-2-9-18-11-12-7-8-13(10-14(12)17)21-16-6-4-3-5-15(16)19-20-21/h3-8,10,18H,2,9,11H2,1H3. The Balaban J connectivity index is 1.91. The number of para-hydroxylation sites is 1. The van der Waals surface area contributed by atoms with Crippen molar-refractivity contribution in [3.05, 3.63) is 52.5 Å². The van der Waals surface area contributed by atoms with E-state index in [1.165, 1.54) is 5.56 Å². The van der Waals surface area contributed by atoms with Gasteiger partial charge < -0.3 is 5.32 Å². The Morgan fingerprint density at radius 3 is 2.86 bits per heavy atom. The number of hydrogen-bond donors (Lipinski definition) is 1. The normalized spacial score (nSPS) is 11.1. The lowest BCUT2D eigenvalue weighted by molar-refractivity contribution is 0.673. The Bertz CT molecular complexity index is 751. The quantitative estimate of drug-likeness (QED) is 0.718. The molecule has 21 heavy (non-hydrogen) atoms. The predicted molar refractivity (Wildman–Crippen MR) is 88.6 cm³/mol. The van der Waals surface area contributed by atoms with Crippen LogP contribution in [-0.4, -0.2) is 21.5 Å². The van der Waals surface area contributed by atoms with Gasteiger partial charge in [-0.2, -0.15) is 0 Å². The van der Waals surface area contributed by atoms with E-state index < -0.39 is 0 Å². The minimum atomic E-state index is 0.868. The van der Waals surface area contributed by atoms with Crippen LogP contribution in [0.15, 0.2) is 46.9 Å². The molecule has 3 aromatic rings. The average Bonchev–Trinajstić information content (AvgIpc) is 2.93. The van der Waals surface area contributed by atoms with Crippen molar-refractivity contribution in [3.8, 4) is 5.69 Å². The summed E-state index contributed by atoms with van der Waals surface area (Å²) < 4.78 is 2.95. The van der Waals surface area contributed by atoms with Crippen LogP contribution in [0.2, 0.25) is 0 Å². The Hall–Kier alpha value is -1.72. The molecule has 4 nitrogen and oxygen atoms in total. The van der Waals surface area contributed by atoms with Gasteiger partial charge in [-0.1, -0.05) is 46.3 Å². The molecule has 0 bridgehead atoms. The molecule has 0 spiro atoms. The van der Waals surface area contributed by atoms with E-state index >= 15 is 0 Å². The lowest BCUT2D eigenvalue weighted by Crippen LogP contribution is -2.14. The zero-order valence-corrected chi connectivity index (χ0v) is 13.5. The third-order valence-electron chi connectivity index (χ3n) is 3.38. The van der Waals surface area contributed by atoms with Crippen molar-refractivity contribution in [2.24, 2.45) is 0 Å². The Labute approximate surface area is 132 Å². The molecule has 0 aliphatic heterocycles. The monoisotopic (exact) mass is 344 g/mol. The summed E-state index contributed by atoms with van der Waals surface area (Å²) in [7, 11) is 0. The van der Waals surface area contributed by atoms with Gasteiger partial charge in [0, 0.05) is 11.0 Å². The summed E-state index contributed by atoms with van der Waals surface area (Å²) in [6.07, 6.45) is 1.14. The lowest BCUT2D eigenvalue weighted by Gasteiger charge is -2.09. The molecule has 0 radical (unpaired) electrons. The zero-order valence-electron chi connectivity index (χ0n) is 11.9. The van der Waals surface area contributed by atoms with Crippen molar-refractivity contribution < 1.29 is 0 Å². The second-order valence-electron chi connectivity index (χ2n) is 4.94. The van der Waals surface area contributed by atoms with Gasteiger partial charge in [-0.3, -0.25) is 0 Å². The van der Waals surface area contributed by atoms with Crippen LogP contribution in [0.3, 0.4) is 0 Å². The largest absolute Gasteiger partial charge is 0.313 e. The van der Waals surface area contributed by atoms with Gasteiger partial charge in [0.1, 0.15) is 5.52 Å². The van der Waals surface area contributed by atoms with Crippen LogP contribution < -0.4 is 5.32 Å². The highest BCUT2D eigenvalue weighted by Gasteiger charge is 2.08. The summed E-state index contributed by atoms with van der Waals surface area (Å²) in [4.78, 5) is 0. The summed E-state index contributed by atoms with van der Waals surface area (Å²) in [6.45, 7) is 4.07. The van der Waals surface area contributed by atoms with Gasteiger partial charge in [-0.05, 0) is 42.8 Å². The molecule has 0 atom stereocenters. The maximum atomic E-state index is 4.24. The van der Waals surface area contributed by atoms with Gasteiger partial charge in [-0.15, -0.1) is 5.10 Å². The highest BCUT2D eigenvalue weighted by atomic mass is 79.9. The molecule has 108 valence electrons. The molecular weight excluding hydrogens is 328 g/mol. The van der Waals surface area contributed by atoms with Crippen LogP contribution in [0.4, 0.5) is 0 Å². The number of aromatic nitrogens is 3. The van der Waals surface area contributed by atoms with Gasteiger partial charge in [0.05, 0.1) is 11.2 Å².